The zero-order chi connectivity index (χ0) is 21.5. The molecular formula is C31H19NS. The molecule has 33 heavy (non-hydrogen) atoms. The molecule has 2 heteroatoms. The SMILES string of the molecule is c1ccc2c(c1)Cc1cc3c(cc1-2)c1ccccc1n3-c1cccc2c1sc1ccccc12. The fourth-order valence-electron chi connectivity index (χ4n) is 5.77. The van der Waals surface area contributed by atoms with E-state index in [1.54, 1.807) is 0 Å². The lowest BCUT2D eigenvalue weighted by molar-refractivity contribution is 1.19. The van der Waals surface area contributed by atoms with Gasteiger partial charge in [0.05, 0.1) is 21.4 Å². The summed E-state index contributed by atoms with van der Waals surface area (Å²) in [5, 5.41) is 5.33. The highest BCUT2D eigenvalue weighted by molar-refractivity contribution is 7.26. The third-order valence-corrected chi connectivity index (χ3v) is 8.42. The molecule has 2 heterocycles. The Balaban J connectivity index is 1.52. The van der Waals surface area contributed by atoms with Gasteiger partial charge in [0, 0.05) is 26.2 Å². The summed E-state index contributed by atoms with van der Waals surface area (Å²) in [6.45, 7) is 0. The van der Waals surface area contributed by atoms with Crippen molar-refractivity contribution in [2.75, 3.05) is 0 Å². The average molecular weight is 438 g/mol. The van der Waals surface area contributed by atoms with E-state index >= 15 is 0 Å². The minimum atomic E-state index is 1.01. The van der Waals surface area contributed by atoms with Crippen molar-refractivity contribution < 1.29 is 0 Å². The molecule has 0 fully saturated rings. The van der Waals surface area contributed by atoms with Gasteiger partial charge >= 0.3 is 0 Å². The molecule has 0 saturated carbocycles. The predicted octanol–water partition coefficient (Wildman–Crippen LogP) is 8.72. The second-order valence-corrected chi connectivity index (χ2v) is 10.0. The largest absolute Gasteiger partial charge is 0.308 e. The maximum Gasteiger partial charge on any atom is 0.0640 e. The van der Waals surface area contributed by atoms with Crippen molar-refractivity contribution in [1.29, 1.82) is 0 Å². The Morgan fingerprint density at radius 3 is 2.30 bits per heavy atom. The van der Waals surface area contributed by atoms with Gasteiger partial charge in [0.2, 0.25) is 0 Å². The van der Waals surface area contributed by atoms with Crippen LogP contribution in [-0.4, -0.2) is 4.57 Å². The maximum absolute atomic E-state index is 2.49. The van der Waals surface area contributed by atoms with E-state index in [1.807, 2.05) is 11.3 Å². The second-order valence-electron chi connectivity index (χ2n) is 8.97. The van der Waals surface area contributed by atoms with Gasteiger partial charge in [0.25, 0.3) is 0 Å². The predicted molar refractivity (Wildman–Crippen MR) is 142 cm³/mol. The number of hydrogen-bond acceptors (Lipinski definition) is 1. The van der Waals surface area contributed by atoms with Crippen LogP contribution in [0.3, 0.4) is 0 Å². The zero-order valence-electron chi connectivity index (χ0n) is 17.9. The summed E-state index contributed by atoms with van der Waals surface area (Å²) in [5.41, 5.74) is 9.48. The van der Waals surface area contributed by atoms with E-state index in [-0.39, 0.29) is 0 Å². The normalized spacial score (nSPS) is 12.7. The van der Waals surface area contributed by atoms with Crippen molar-refractivity contribution in [3.63, 3.8) is 0 Å². The van der Waals surface area contributed by atoms with Gasteiger partial charge in [0.15, 0.2) is 0 Å². The summed E-state index contributed by atoms with van der Waals surface area (Å²) in [6, 6.07) is 38.1. The highest BCUT2D eigenvalue weighted by atomic mass is 32.1. The zero-order valence-corrected chi connectivity index (χ0v) is 18.7. The minimum absolute atomic E-state index is 1.01. The highest BCUT2D eigenvalue weighted by Gasteiger charge is 2.22. The van der Waals surface area contributed by atoms with E-state index in [0.717, 1.165) is 6.42 Å². The molecule has 0 radical (unpaired) electrons. The first kappa shape index (κ1) is 17.6. The van der Waals surface area contributed by atoms with Crippen LogP contribution < -0.4 is 0 Å². The molecule has 8 rings (SSSR count). The van der Waals surface area contributed by atoms with Gasteiger partial charge in [-0.05, 0) is 59.0 Å². The maximum atomic E-state index is 2.49. The number of hydrogen-bond donors (Lipinski definition) is 0. The van der Waals surface area contributed by atoms with E-state index < -0.39 is 0 Å². The summed E-state index contributed by atoms with van der Waals surface area (Å²) in [5.74, 6) is 0. The van der Waals surface area contributed by atoms with E-state index in [1.165, 1.54) is 69.9 Å². The molecule has 1 aliphatic rings. The number of nitrogens with zero attached hydrogens (tertiary/aromatic N) is 1. The molecule has 2 aromatic heterocycles. The molecule has 0 aliphatic heterocycles. The van der Waals surface area contributed by atoms with Crippen molar-refractivity contribution in [2.45, 2.75) is 6.42 Å². The van der Waals surface area contributed by atoms with Gasteiger partial charge in [-0.2, -0.15) is 0 Å². The van der Waals surface area contributed by atoms with Crippen LogP contribution in [0.15, 0.2) is 103 Å². The Hall–Kier alpha value is -3.88. The molecule has 0 amide bonds. The van der Waals surface area contributed by atoms with Crippen LogP contribution in [0.25, 0.3) is 58.8 Å². The molecule has 0 atom stereocenters. The Labute approximate surface area is 195 Å². The van der Waals surface area contributed by atoms with Gasteiger partial charge < -0.3 is 4.57 Å². The lowest BCUT2D eigenvalue weighted by Gasteiger charge is -2.10. The van der Waals surface area contributed by atoms with Gasteiger partial charge in [-0.25, -0.2) is 0 Å². The molecule has 7 aromatic rings. The number of rotatable bonds is 1. The molecule has 0 spiro atoms. The third-order valence-electron chi connectivity index (χ3n) is 7.21. The summed E-state index contributed by atoms with van der Waals surface area (Å²) >= 11 is 1.90. The minimum Gasteiger partial charge on any atom is -0.308 e. The van der Waals surface area contributed by atoms with E-state index in [2.05, 4.69) is 108 Å². The number of para-hydroxylation sites is 1. The first-order chi connectivity index (χ1) is 16.4. The van der Waals surface area contributed by atoms with E-state index in [4.69, 9.17) is 0 Å². The van der Waals surface area contributed by atoms with Crippen LogP contribution in [0.1, 0.15) is 11.1 Å². The third kappa shape index (κ3) is 2.31. The van der Waals surface area contributed by atoms with Crippen molar-refractivity contribution in [2.24, 2.45) is 0 Å². The standard InChI is InChI=1S/C31H19NS/c1-2-9-21-19(8-1)16-20-17-29-26(18-25(20)21)22-10-3-5-13-27(22)32(29)28-14-7-12-24-23-11-4-6-15-30(23)33-31(24)28/h1-15,17-18H,16H2. The summed E-state index contributed by atoms with van der Waals surface area (Å²) in [4.78, 5) is 0. The molecule has 154 valence electrons. The Morgan fingerprint density at radius 1 is 0.545 bits per heavy atom. The molecule has 0 N–H and O–H groups in total. The number of thiophene rings is 1. The fourth-order valence-corrected chi connectivity index (χ4v) is 6.97. The lowest BCUT2D eigenvalue weighted by atomic mass is 10.0. The molecule has 0 bridgehead atoms. The number of benzene rings is 5. The Morgan fingerprint density at radius 2 is 1.33 bits per heavy atom. The van der Waals surface area contributed by atoms with Crippen molar-refractivity contribution >= 4 is 53.3 Å². The van der Waals surface area contributed by atoms with Gasteiger partial charge in [0.1, 0.15) is 0 Å². The first-order valence-corrected chi connectivity index (χ1v) is 12.2. The smallest absolute Gasteiger partial charge is 0.0640 e. The van der Waals surface area contributed by atoms with Crippen LogP contribution >= 0.6 is 11.3 Å². The topological polar surface area (TPSA) is 4.93 Å². The first-order valence-electron chi connectivity index (χ1n) is 11.4. The fraction of sp³-hybridized carbons (Fsp3) is 0.0323. The summed E-state index contributed by atoms with van der Waals surface area (Å²) < 4.78 is 5.19. The molecule has 0 unspecified atom stereocenters. The quantitative estimate of drug-likeness (QED) is 0.242. The highest BCUT2D eigenvalue weighted by Crippen LogP contribution is 2.44. The molecule has 1 aliphatic carbocycles. The van der Waals surface area contributed by atoms with Crippen LogP contribution in [0.4, 0.5) is 0 Å². The summed E-state index contributed by atoms with van der Waals surface area (Å²) in [7, 11) is 0. The lowest BCUT2D eigenvalue weighted by Crippen LogP contribution is -1.94. The molecule has 0 saturated heterocycles. The van der Waals surface area contributed by atoms with Crippen LogP contribution in [0.2, 0.25) is 0 Å². The van der Waals surface area contributed by atoms with Crippen LogP contribution in [-0.2, 0) is 6.42 Å². The molecule has 5 aromatic carbocycles. The van der Waals surface area contributed by atoms with Crippen molar-refractivity contribution in [3.05, 3.63) is 114 Å². The van der Waals surface area contributed by atoms with E-state index in [9.17, 15) is 0 Å². The van der Waals surface area contributed by atoms with Gasteiger partial charge in [-0.3, -0.25) is 0 Å². The number of fused-ring (bicyclic) bond motifs is 9. The molecular weight excluding hydrogens is 418 g/mol. The second kappa shape index (κ2) is 6.34. The Bertz CT molecular complexity index is 1900. The van der Waals surface area contributed by atoms with Crippen molar-refractivity contribution in [3.8, 4) is 16.8 Å². The van der Waals surface area contributed by atoms with Gasteiger partial charge in [-0.15, -0.1) is 11.3 Å². The van der Waals surface area contributed by atoms with Crippen LogP contribution in [0.5, 0.6) is 0 Å². The molecule has 1 nitrogen and oxygen atoms in total. The monoisotopic (exact) mass is 437 g/mol. The average Bonchev–Trinajstić information content (AvgIpc) is 3.52. The summed E-state index contributed by atoms with van der Waals surface area (Å²) in [6.07, 6.45) is 1.01. The van der Waals surface area contributed by atoms with Gasteiger partial charge in [-0.1, -0.05) is 72.8 Å². The number of aromatic nitrogens is 1. The van der Waals surface area contributed by atoms with Crippen molar-refractivity contribution in [1.82, 2.24) is 4.57 Å². The van der Waals surface area contributed by atoms with E-state index in [0.29, 0.717) is 0 Å². The Kier molecular flexibility index (Phi) is 3.39. The van der Waals surface area contributed by atoms with Crippen LogP contribution in [0, 0.1) is 0 Å².